The highest BCUT2D eigenvalue weighted by Gasteiger charge is 2.11. The van der Waals surface area contributed by atoms with Crippen LogP contribution in [0.1, 0.15) is 38.3 Å². The van der Waals surface area contributed by atoms with Crippen molar-refractivity contribution in [2.75, 3.05) is 5.73 Å². The first-order chi connectivity index (χ1) is 5.29. The highest BCUT2D eigenvalue weighted by atomic mass is 15.1. The van der Waals surface area contributed by atoms with Crippen molar-refractivity contribution in [3.05, 3.63) is 11.9 Å². The first-order valence-electron chi connectivity index (χ1n) is 4.08. The molecule has 62 valence electrons. The number of nitrogens with zero attached hydrogens (tertiary/aromatic N) is 1. The van der Waals surface area contributed by atoms with E-state index in [1.165, 1.54) is 0 Å². The van der Waals surface area contributed by atoms with E-state index in [9.17, 15) is 0 Å². The molecule has 1 heterocycles. The van der Waals surface area contributed by atoms with E-state index in [2.05, 4.69) is 24.0 Å². The largest absolute Gasteiger partial charge is 0.396 e. The predicted molar refractivity (Wildman–Crippen MR) is 46.3 cm³/mol. The Morgan fingerprint density at radius 1 is 1.55 bits per heavy atom. The van der Waals surface area contributed by atoms with E-state index < -0.39 is 0 Å². The van der Waals surface area contributed by atoms with Crippen molar-refractivity contribution in [1.29, 1.82) is 0 Å². The third kappa shape index (κ3) is 1.53. The monoisotopic (exact) mass is 153 g/mol. The summed E-state index contributed by atoms with van der Waals surface area (Å²) in [6, 6.07) is 0. The Morgan fingerprint density at radius 2 is 2.18 bits per heavy atom. The minimum Gasteiger partial charge on any atom is -0.396 e. The van der Waals surface area contributed by atoms with Crippen LogP contribution < -0.4 is 5.73 Å². The number of nitrogens with one attached hydrogen (secondary N) is 1. The second-order valence-electron chi connectivity index (χ2n) is 2.75. The lowest BCUT2D eigenvalue weighted by molar-refractivity contribution is 0.622. The van der Waals surface area contributed by atoms with Gasteiger partial charge in [-0.2, -0.15) is 5.10 Å². The van der Waals surface area contributed by atoms with Crippen molar-refractivity contribution in [2.45, 2.75) is 32.6 Å². The first kappa shape index (κ1) is 8.11. The van der Waals surface area contributed by atoms with Crippen LogP contribution in [0.3, 0.4) is 0 Å². The van der Waals surface area contributed by atoms with Crippen molar-refractivity contribution in [3.8, 4) is 0 Å². The number of rotatable bonds is 3. The van der Waals surface area contributed by atoms with Crippen LogP contribution in [0.5, 0.6) is 0 Å². The quantitative estimate of drug-likeness (QED) is 0.696. The molecule has 1 aromatic heterocycles. The van der Waals surface area contributed by atoms with E-state index in [1.54, 1.807) is 6.20 Å². The molecule has 0 aromatic carbocycles. The number of aromatic amines is 1. The summed E-state index contributed by atoms with van der Waals surface area (Å²) in [6.07, 6.45) is 3.90. The number of hydrogen-bond donors (Lipinski definition) is 2. The maximum Gasteiger partial charge on any atom is 0.0733 e. The van der Waals surface area contributed by atoms with E-state index in [0.717, 1.165) is 24.2 Å². The van der Waals surface area contributed by atoms with Gasteiger partial charge in [0.25, 0.3) is 0 Å². The lowest BCUT2D eigenvalue weighted by atomic mass is 9.99. The molecule has 0 bridgehead atoms. The summed E-state index contributed by atoms with van der Waals surface area (Å²) < 4.78 is 0. The van der Waals surface area contributed by atoms with Crippen molar-refractivity contribution >= 4 is 5.69 Å². The van der Waals surface area contributed by atoms with Crippen LogP contribution in [-0.4, -0.2) is 10.2 Å². The van der Waals surface area contributed by atoms with Crippen LogP contribution >= 0.6 is 0 Å². The Hall–Kier alpha value is -0.990. The van der Waals surface area contributed by atoms with Gasteiger partial charge >= 0.3 is 0 Å². The Balaban J connectivity index is 2.81. The number of aromatic nitrogens is 2. The van der Waals surface area contributed by atoms with Crippen molar-refractivity contribution < 1.29 is 0 Å². The topological polar surface area (TPSA) is 54.7 Å². The van der Waals surface area contributed by atoms with Gasteiger partial charge in [0.05, 0.1) is 17.6 Å². The summed E-state index contributed by atoms with van der Waals surface area (Å²) in [5.74, 6) is 0.539. The summed E-state index contributed by atoms with van der Waals surface area (Å²) in [5, 5.41) is 6.82. The number of nitrogen functional groups attached to an aromatic ring is 1. The second-order valence-corrected chi connectivity index (χ2v) is 2.75. The summed E-state index contributed by atoms with van der Waals surface area (Å²) in [5.41, 5.74) is 7.58. The molecule has 0 aliphatic heterocycles. The molecule has 0 unspecified atom stereocenters. The summed E-state index contributed by atoms with van der Waals surface area (Å²) in [6.45, 7) is 4.32. The average molecular weight is 153 g/mol. The average Bonchev–Trinajstić information content (AvgIpc) is 2.40. The van der Waals surface area contributed by atoms with E-state index in [1.807, 2.05) is 0 Å². The summed E-state index contributed by atoms with van der Waals surface area (Å²) in [4.78, 5) is 0. The molecule has 3 nitrogen and oxygen atoms in total. The van der Waals surface area contributed by atoms with Gasteiger partial charge in [0.15, 0.2) is 0 Å². The van der Waals surface area contributed by atoms with Gasteiger partial charge in [-0.15, -0.1) is 0 Å². The zero-order valence-corrected chi connectivity index (χ0v) is 7.09. The van der Waals surface area contributed by atoms with Crippen LogP contribution in [0.15, 0.2) is 6.20 Å². The van der Waals surface area contributed by atoms with Crippen molar-refractivity contribution in [3.63, 3.8) is 0 Å². The summed E-state index contributed by atoms with van der Waals surface area (Å²) >= 11 is 0. The molecule has 0 aliphatic carbocycles. The van der Waals surface area contributed by atoms with Crippen LogP contribution in [0.2, 0.25) is 0 Å². The lowest BCUT2D eigenvalue weighted by Crippen LogP contribution is -1.99. The Labute approximate surface area is 67.0 Å². The highest BCUT2D eigenvalue weighted by molar-refractivity contribution is 5.41. The molecule has 0 atom stereocenters. The Morgan fingerprint density at radius 3 is 2.55 bits per heavy atom. The minimum atomic E-state index is 0.539. The van der Waals surface area contributed by atoms with Gasteiger partial charge < -0.3 is 5.73 Å². The third-order valence-corrected chi connectivity index (χ3v) is 2.09. The fourth-order valence-electron chi connectivity index (χ4n) is 1.33. The molecule has 0 spiro atoms. The van der Waals surface area contributed by atoms with Gasteiger partial charge in [0, 0.05) is 5.92 Å². The standard InChI is InChI=1S/C8H15N3/c1-3-6(4-2)8-7(9)5-10-11-8/h5-6H,3-4,9H2,1-2H3,(H,10,11). The molecule has 0 fully saturated rings. The zero-order valence-electron chi connectivity index (χ0n) is 7.09. The predicted octanol–water partition coefficient (Wildman–Crippen LogP) is 1.90. The molecule has 0 saturated carbocycles. The Kier molecular flexibility index (Phi) is 2.52. The smallest absolute Gasteiger partial charge is 0.0733 e. The van der Waals surface area contributed by atoms with Crippen LogP contribution in [0.25, 0.3) is 0 Å². The van der Waals surface area contributed by atoms with Crippen LogP contribution in [-0.2, 0) is 0 Å². The summed E-state index contributed by atoms with van der Waals surface area (Å²) in [7, 11) is 0. The number of nitrogens with two attached hydrogens (primary N) is 1. The molecule has 1 rings (SSSR count). The van der Waals surface area contributed by atoms with Gasteiger partial charge in [-0.05, 0) is 12.8 Å². The maximum absolute atomic E-state index is 5.70. The van der Waals surface area contributed by atoms with Gasteiger partial charge in [-0.25, -0.2) is 0 Å². The third-order valence-electron chi connectivity index (χ3n) is 2.09. The molecule has 3 heteroatoms. The zero-order chi connectivity index (χ0) is 8.27. The molecular weight excluding hydrogens is 138 g/mol. The highest BCUT2D eigenvalue weighted by Crippen LogP contribution is 2.24. The molecule has 1 aromatic rings. The fourth-order valence-corrected chi connectivity index (χ4v) is 1.33. The Bertz CT molecular complexity index is 213. The molecule has 3 N–H and O–H groups in total. The van der Waals surface area contributed by atoms with Crippen LogP contribution in [0.4, 0.5) is 5.69 Å². The van der Waals surface area contributed by atoms with Gasteiger partial charge in [-0.3, -0.25) is 5.10 Å². The van der Waals surface area contributed by atoms with E-state index in [4.69, 9.17) is 5.73 Å². The van der Waals surface area contributed by atoms with E-state index in [-0.39, 0.29) is 0 Å². The molecule has 0 amide bonds. The van der Waals surface area contributed by atoms with Crippen molar-refractivity contribution in [2.24, 2.45) is 0 Å². The molecule has 0 aliphatic rings. The van der Waals surface area contributed by atoms with Crippen molar-refractivity contribution in [1.82, 2.24) is 10.2 Å². The van der Waals surface area contributed by atoms with E-state index >= 15 is 0 Å². The van der Waals surface area contributed by atoms with Gasteiger partial charge in [0.2, 0.25) is 0 Å². The van der Waals surface area contributed by atoms with Gasteiger partial charge in [0.1, 0.15) is 0 Å². The molecule has 0 radical (unpaired) electrons. The van der Waals surface area contributed by atoms with Crippen LogP contribution in [0, 0.1) is 0 Å². The molecular formula is C8H15N3. The second kappa shape index (κ2) is 3.42. The minimum absolute atomic E-state index is 0.539. The SMILES string of the molecule is CCC(CC)c1[nH]ncc1N. The first-order valence-corrected chi connectivity index (χ1v) is 4.08. The fraction of sp³-hybridized carbons (Fsp3) is 0.625. The normalized spacial score (nSPS) is 10.8. The number of hydrogen-bond acceptors (Lipinski definition) is 2. The molecule has 0 saturated heterocycles. The lowest BCUT2D eigenvalue weighted by Gasteiger charge is -2.09. The number of anilines is 1. The number of H-pyrrole nitrogens is 1. The van der Waals surface area contributed by atoms with E-state index in [0.29, 0.717) is 5.92 Å². The van der Waals surface area contributed by atoms with Gasteiger partial charge in [-0.1, -0.05) is 13.8 Å². The molecule has 11 heavy (non-hydrogen) atoms. The maximum atomic E-state index is 5.70.